The lowest BCUT2D eigenvalue weighted by Crippen LogP contribution is -2.60. The molecule has 3 rings (SSSR count). The topological polar surface area (TPSA) is 19.9 Å². The molecule has 0 spiro atoms. The third-order valence-electron chi connectivity index (χ3n) is 5.02. The van der Waals surface area contributed by atoms with Gasteiger partial charge in [0.05, 0.1) is 0 Å². The summed E-state index contributed by atoms with van der Waals surface area (Å²) < 4.78 is 0. The zero-order valence-electron chi connectivity index (χ0n) is 8.46. The maximum Gasteiger partial charge on any atom is 0.110 e. The van der Waals surface area contributed by atoms with Gasteiger partial charge in [-0.2, -0.15) is 0 Å². The molecule has 0 aromatic carbocycles. The van der Waals surface area contributed by atoms with Gasteiger partial charge in [-0.05, 0) is 49.4 Å². The third kappa shape index (κ3) is 0.918. The molecule has 0 amide bonds. The van der Waals surface area contributed by atoms with Crippen LogP contribution in [0.2, 0.25) is 0 Å². The highest BCUT2D eigenvalue weighted by Crippen LogP contribution is 2.63. The average molecular weight is 179 g/mol. The normalized spacial score (nSPS) is 59.5. The molecule has 3 saturated carbocycles. The highest BCUT2D eigenvalue weighted by Gasteiger charge is 2.64. The van der Waals surface area contributed by atoms with Crippen molar-refractivity contribution >= 4 is 0 Å². The van der Waals surface area contributed by atoms with Crippen LogP contribution in [0.25, 0.3) is 0 Å². The van der Waals surface area contributed by atoms with Gasteiger partial charge >= 0.3 is 0 Å². The summed E-state index contributed by atoms with van der Waals surface area (Å²) in [6.07, 6.45) is 7.44. The molecule has 0 N–H and O–H groups in total. The molecule has 4 unspecified atom stereocenters. The van der Waals surface area contributed by atoms with E-state index in [0.717, 1.165) is 18.3 Å². The SMILES string of the molecule is CC1CCC2C3CCC[C@@]3([O])C2C1. The smallest absolute Gasteiger partial charge is 0.110 e. The Bertz CT molecular complexity index is 225. The van der Waals surface area contributed by atoms with E-state index >= 15 is 0 Å². The average Bonchev–Trinajstić information content (AvgIpc) is 2.44. The minimum Gasteiger partial charge on any atom is -0.229 e. The van der Waals surface area contributed by atoms with Gasteiger partial charge < -0.3 is 0 Å². The van der Waals surface area contributed by atoms with Gasteiger partial charge in [0.25, 0.3) is 0 Å². The van der Waals surface area contributed by atoms with E-state index in [-0.39, 0.29) is 0 Å². The van der Waals surface area contributed by atoms with Gasteiger partial charge in [0, 0.05) is 0 Å². The first kappa shape index (κ1) is 8.28. The van der Waals surface area contributed by atoms with Crippen LogP contribution >= 0.6 is 0 Å². The lowest BCUT2D eigenvalue weighted by atomic mass is 9.49. The number of hydrogen-bond acceptors (Lipinski definition) is 0. The van der Waals surface area contributed by atoms with Crippen molar-refractivity contribution in [3.05, 3.63) is 0 Å². The first-order chi connectivity index (χ1) is 6.22. The van der Waals surface area contributed by atoms with Crippen molar-refractivity contribution in [1.82, 2.24) is 0 Å². The van der Waals surface area contributed by atoms with Crippen molar-refractivity contribution in [3.63, 3.8) is 0 Å². The Labute approximate surface area is 80.5 Å². The Balaban J connectivity index is 1.82. The second-order valence-corrected chi connectivity index (χ2v) is 5.64. The van der Waals surface area contributed by atoms with Crippen LogP contribution in [0.15, 0.2) is 0 Å². The van der Waals surface area contributed by atoms with Crippen LogP contribution in [0.4, 0.5) is 0 Å². The van der Waals surface area contributed by atoms with Crippen LogP contribution in [-0.4, -0.2) is 5.60 Å². The zero-order chi connectivity index (χ0) is 9.05. The van der Waals surface area contributed by atoms with E-state index in [1.807, 2.05) is 0 Å². The standard InChI is InChI=1S/C12H19O/c1-8-4-5-9-10-3-2-6-12(10,13)11(9)7-8/h8-11H,2-7H2,1H3/t8?,9?,10?,11?,12-/m0/s1. The molecule has 0 aliphatic heterocycles. The molecular formula is C12H19O. The molecule has 0 heterocycles. The fraction of sp³-hybridized carbons (Fsp3) is 1.00. The monoisotopic (exact) mass is 179 g/mol. The van der Waals surface area contributed by atoms with Gasteiger partial charge in [0.2, 0.25) is 0 Å². The Morgan fingerprint density at radius 1 is 1.15 bits per heavy atom. The molecule has 1 heteroatoms. The van der Waals surface area contributed by atoms with E-state index in [0.29, 0.717) is 11.8 Å². The molecule has 1 nitrogen and oxygen atoms in total. The van der Waals surface area contributed by atoms with Gasteiger partial charge in [0.1, 0.15) is 5.60 Å². The first-order valence-electron chi connectivity index (χ1n) is 5.92. The highest BCUT2D eigenvalue weighted by atomic mass is 16.3. The van der Waals surface area contributed by atoms with Crippen molar-refractivity contribution in [2.45, 2.75) is 51.0 Å². The molecule has 3 aliphatic rings. The highest BCUT2D eigenvalue weighted by molar-refractivity contribution is 5.12. The van der Waals surface area contributed by atoms with E-state index < -0.39 is 5.60 Å². The van der Waals surface area contributed by atoms with Crippen LogP contribution in [0.1, 0.15) is 45.4 Å². The quantitative estimate of drug-likeness (QED) is 0.544. The molecule has 13 heavy (non-hydrogen) atoms. The predicted octanol–water partition coefficient (Wildman–Crippen LogP) is 3.02. The van der Waals surface area contributed by atoms with Crippen molar-refractivity contribution in [3.8, 4) is 0 Å². The molecule has 3 fully saturated rings. The second-order valence-electron chi connectivity index (χ2n) is 5.64. The summed E-state index contributed by atoms with van der Waals surface area (Å²) in [6, 6.07) is 0. The van der Waals surface area contributed by atoms with Gasteiger partial charge in [-0.25, -0.2) is 5.11 Å². The predicted molar refractivity (Wildman–Crippen MR) is 50.8 cm³/mol. The Morgan fingerprint density at radius 2 is 2.00 bits per heavy atom. The minimum atomic E-state index is -0.445. The first-order valence-corrected chi connectivity index (χ1v) is 5.92. The van der Waals surface area contributed by atoms with E-state index in [2.05, 4.69) is 6.92 Å². The molecule has 1 radical (unpaired) electrons. The molecule has 0 aromatic rings. The summed E-state index contributed by atoms with van der Waals surface area (Å²) in [5.74, 6) is 2.83. The molecule has 0 saturated heterocycles. The molecule has 73 valence electrons. The number of rotatable bonds is 0. The lowest BCUT2D eigenvalue weighted by molar-refractivity contribution is -0.233. The summed E-state index contributed by atoms with van der Waals surface area (Å²) >= 11 is 0. The third-order valence-corrected chi connectivity index (χ3v) is 5.02. The Kier molecular flexibility index (Phi) is 1.59. The molecule has 5 atom stereocenters. The van der Waals surface area contributed by atoms with E-state index in [1.165, 1.54) is 32.1 Å². The molecular weight excluding hydrogens is 160 g/mol. The summed E-state index contributed by atoms with van der Waals surface area (Å²) in [6.45, 7) is 2.32. The molecule has 3 aliphatic carbocycles. The van der Waals surface area contributed by atoms with Crippen LogP contribution in [-0.2, 0) is 5.11 Å². The van der Waals surface area contributed by atoms with Crippen LogP contribution < -0.4 is 0 Å². The largest absolute Gasteiger partial charge is 0.229 e. The fourth-order valence-corrected chi connectivity index (χ4v) is 4.39. The van der Waals surface area contributed by atoms with Crippen LogP contribution in [0.3, 0.4) is 0 Å². The second kappa shape index (κ2) is 2.50. The van der Waals surface area contributed by atoms with Crippen LogP contribution in [0, 0.1) is 23.7 Å². The van der Waals surface area contributed by atoms with Gasteiger partial charge in [-0.1, -0.05) is 19.8 Å². The fourth-order valence-electron chi connectivity index (χ4n) is 4.39. The Morgan fingerprint density at radius 3 is 2.85 bits per heavy atom. The van der Waals surface area contributed by atoms with Crippen molar-refractivity contribution in [2.75, 3.05) is 0 Å². The summed E-state index contributed by atoms with van der Waals surface area (Å²) in [5.41, 5.74) is -0.445. The van der Waals surface area contributed by atoms with E-state index in [4.69, 9.17) is 0 Å². The Hall–Kier alpha value is -0.0400. The van der Waals surface area contributed by atoms with Crippen molar-refractivity contribution in [1.29, 1.82) is 0 Å². The minimum absolute atomic E-state index is 0.445. The molecule has 0 bridgehead atoms. The number of fused-ring (bicyclic) bond motifs is 4. The van der Waals surface area contributed by atoms with E-state index in [1.54, 1.807) is 0 Å². The lowest BCUT2D eigenvalue weighted by Gasteiger charge is -2.57. The van der Waals surface area contributed by atoms with Crippen LogP contribution in [0.5, 0.6) is 0 Å². The van der Waals surface area contributed by atoms with Crippen molar-refractivity contribution in [2.24, 2.45) is 23.7 Å². The molecule has 0 aromatic heterocycles. The number of hydrogen-bond donors (Lipinski definition) is 0. The summed E-state index contributed by atoms with van der Waals surface area (Å²) in [5, 5.41) is 12.4. The summed E-state index contributed by atoms with van der Waals surface area (Å²) in [4.78, 5) is 0. The van der Waals surface area contributed by atoms with E-state index in [9.17, 15) is 5.11 Å². The summed E-state index contributed by atoms with van der Waals surface area (Å²) in [7, 11) is 0. The van der Waals surface area contributed by atoms with Gasteiger partial charge in [0.15, 0.2) is 0 Å². The maximum absolute atomic E-state index is 12.4. The van der Waals surface area contributed by atoms with Gasteiger partial charge in [-0.3, -0.25) is 0 Å². The van der Waals surface area contributed by atoms with Gasteiger partial charge in [-0.15, -0.1) is 0 Å². The maximum atomic E-state index is 12.4. The van der Waals surface area contributed by atoms with Crippen molar-refractivity contribution < 1.29 is 5.11 Å². The zero-order valence-corrected chi connectivity index (χ0v) is 8.46.